The zero-order valence-corrected chi connectivity index (χ0v) is 32.5. The molecule has 1 saturated heterocycles. The molecular weight excluding hydrogens is 645 g/mol. The molecule has 1 aliphatic heterocycles. The quantitative estimate of drug-likeness (QED) is 0.305. The molecule has 1 heterocycles. The van der Waals surface area contributed by atoms with Crippen molar-refractivity contribution in [3.63, 3.8) is 0 Å². The Labute approximate surface area is 301 Å². The second-order valence-electron chi connectivity index (χ2n) is 19.0. The van der Waals surface area contributed by atoms with Crippen LogP contribution in [-0.2, 0) is 14.6 Å². The fourth-order valence-electron chi connectivity index (χ4n) is 13.7. The maximum Gasteiger partial charge on any atom is 0.335 e. The Morgan fingerprint density at radius 3 is 2.22 bits per heavy atom. The first-order valence-corrected chi connectivity index (χ1v) is 21.5. The van der Waals surface area contributed by atoms with Crippen LogP contribution in [0.1, 0.15) is 116 Å². The van der Waals surface area contributed by atoms with Gasteiger partial charge in [-0.3, -0.25) is 4.79 Å². The number of carbonyl (C=O) groups excluding carboxylic acids is 1. The van der Waals surface area contributed by atoms with E-state index in [-0.39, 0.29) is 50.6 Å². The van der Waals surface area contributed by atoms with Crippen molar-refractivity contribution in [2.24, 2.45) is 57.2 Å². The third-order valence-electron chi connectivity index (χ3n) is 16.6. The molecule has 5 fully saturated rings. The van der Waals surface area contributed by atoms with Crippen LogP contribution in [0.4, 0.5) is 0 Å². The number of carboxylic acid groups (broad SMARTS) is 1. The minimum atomic E-state index is -2.88. The SMILES string of the molecule is CC(C)[C@@H]1CC[C@]2(NCCN3CCS(=O)(=O)CC3)CC[C@]3(C)[C@H](CCC4[C@@]5(C)C(=O)C=C(c6ccc(C(=O)O)cc6)C(C)(C)C5CC[C@]43C)C12. The molecule has 7 nitrogen and oxygen atoms in total. The predicted molar refractivity (Wildman–Crippen MR) is 200 cm³/mol. The lowest BCUT2D eigenvalue weighted by molar-refractivity contribution is -0.218. The summed E-state index contributed by atoms with van der Waals surface area (Å²) in [6, 6.07) is 7.10. The smallest absolute Gasteiger partial charge is 0.335 e. The van der Waals surface area contributed by atoms with Crippen molar-refractivity contribution in [2.45, 2.75) is 105 Å². The molecule has 7 rings (SSSR count). The van der Waals surface area contributed by atoms with Crippen LogP contribution in [-0.4, -0.2) is 73.4 Å². The number of benzene rings is 1. The van der Waals surface area contributed by atoms with Gasteiger partial charge in [-0.05, 0) is 132 Å². The van der Waals surface area contributed by atoms with E-state index in [2.05, 4.69) is 58.7 Å². The van der Waals surface area contributed by atoms with Crippen molar-refractivity contribution < 1.29 is 23.1 Å². The summed E-state index contributed by atoms with van der Waals surface area (Å²) in [6.45, 7) is 20.2. The Kier molecular flexibility index (Phi) is 8.91. The average Bonchev–Trinajstić information content (AvgIpc) is 3.44. The van der Waals surface area contributed by atoms with E-state index in [4.69, 9.17) is 0 Å². The van der Waals surface area contributed by atoms with Crippen molar-refractivity contribution in [1.82, 2.24) is 10.2 Å². The van der Waals surface area contributed by atoms with E-state index in [0.29, 0.717) is 42.7 Å². The van der Waals surface area contributed by atoms with Crippen LogP contribution in [0.15, 0.2) is 30.3 Å². The fraction of sp³-hybridized carbons (Fsp3) is 0.762. The number of carboxylic acids is 1. The van der Waals surface area contributed by atoms with Crippen molar-refractivity contribution in [2.75, 3.05) is 37.7 Å². The second-order valence-corrected chi connectivity index (χ2v) is 21.3. The first-order valence-electron chi connectivity index (χ1n) is 19.7. The van der Waals surface area contributed by atoms with Gasteiger partial charge in [-0.1, -0.05) is 60.6 Å². The van der Waals surface area contributed by atoms with E-state index in [9.17, 15) is 23.1 Å². The van der Waals surface area contributed by atoms with Gasteiger partial charge in [0.25, 0.3) is 0 Å². The first kappa shape index (κ1) is 36.3. The molecule has 1 aromatic carbocycles. The molecule has 2 N–H and O–H groups in total. The zero-order valence-electron chi connectivity index (χ0n) is 31.7. The van der Waals surface area contributed by atoms with Gasteiger partial charge in [-0.2, -0.15) is 0 Å². The molecule has 4 saturated carbocycles. The van der Waals surface area contributed by atoms with E-state index in [0.717, 1.165) is 43.5 Å². The number of fused-ring (bicyclic) bond motifs is 7. The van der Waals surface area contributed by atoms with E-state index < -0.39 is 21.2 Å². The number of nitrogens with zero attached hydrogens (tertiary/aromatic N) is 1. The van der Waals surface area contributed by atoms with Crippen molar-refractivity contribution in [3.8, 4) is 0 Å². The number of hydrogen-bond acceptors (Lipinski definition) is 6. The maximum absolute atomic E-state index is 14.7. The summed E-state index contributed by atoms with van der Waals surface area (Å²) in [4.78, 5) is 28.6. The lowest BCUT2D eigenvalue weighted by Gasteiger charge is -2.72. The molecule has 0 spiro atoms. The molecule has 0 bridgehead atoms. The van der Waals surface area contributed by atoms with Gasteiger partial charge in [0.1, 0.15) is 0 Å². The highest BCUT2D eigenvalue weighted by Gasteiger charge is 2.72. The van der Waals surface area contributed by atoms with Gasteiger partial charge in [0.15, 0.2) is 15.6 Å². The number of carbonyl (C=O) groups is 2. The molecule has 3 unspecified atom stereocenters. The van der Waals surface area contributed by atoms with Crippen LogP contribution in [0.5, 0.6) is 0 Å². The number of sulfone groups is 1. The largest absolute Gasteiger partial charge is 0.478 e. The van der Waals surface area contributed by atoms with Crippen LogP contribution in [0.2, 0.25) is 0 Å². The van der Waals surface area contributed by atoms with Crippen molar-refractivity contribution >= 4 is 27.2 Å². The van der Waals surface area contributed by atoms with Crippen LogP contribution < -0.4 is 5.32 Å². The highest BCUT2D eigenvalue weighted by Crippen LogP contribution is 2.76. The molecule has 1 aromatic rings. The van der Waals surface area contributed by atoms with Crippen LogP contribution >= 0.6 is 0 Å². The summed E-state index contributed by atoms with van der Waals surface area (Å²) in [6.07, 6.45) is 11.3. The van der Waals surface area contributed by atoms with Crippen molar-refractivity contribution in [1.29, 1.82) is 0 Å². The number of aromatic carboxylic acids is 1. The number of hydrogen-bond donors (Lipinski definition) is 2. The van der Waals surface area contributed by atoms with Gasteiger partial charge >= 0.3 is 5.97 Å². The Balaban J connectivity index is 1.17. The van der Waals surface area contributed by atoms with Gasteiger partial charge in [-0.25, -0.2) is 13.2 Å². The molecule has 50 heavy (non-hydrogen) atoms. The van der Waals surface area contributed by atoms with E-state index in [1.807, 2.05) is 18.2 Å². The topological polar surface area (TPSA) is 104 Å². The maximum atomic E-state index is 14.7. The number of nitrogens with one attached hydrogen (secondary N) is 1. The number of allylic oxidation sites excluding steroid dienone is 2. The minimum absolute atomic E-state index is 0.0664. The number of rotatable bonds is 7. The molecule has 8 heteroatoms. The average molecular weight is 707 g/mol. The number of ketones is 1. The molecule has 0 radical (unpaired) electrons. The molecule has 276 valence electrons. The van der Waals surface area contributed by atoms with Crippen molar-refractivity contribution in [3.05, 3.63) is 41.5 Å². The van der Waals surface area contributed by atoms with E-state index in [1.165, 1.54) is 32.1 Å². The minimum Gasteiger partial charge on any atom is -0.478 e. The Bertz CT molecular complexity index is 1650. The highest BCUT2D eigenvalue weighted by molar-refractivity contribution is 7.91. The van der Waals surface area contributed by atoms with Crippen LogP contribution in [0.3, 0.4) is 0 Å². The molecule has 0 aromatic heterocycles. The van der Waals surface area contributed by atoms with Gasteiger partial charge in [0.2, 0.25) is 0 Å². The monoisotopic (exact) mass is 706 g/mol. The van der Waals surface area contributed by atoms with E-state index >= 15 is 0 Å². The second kappa shape index (κ2) is 12.3. The first-order chi connectivity index (χ1) is 23.4. The predicted octanol–water partition coefficient (Wildman–Crippen LogP) is 7.37. The third-order valence-corrected chi connectivity index (χ3v) is 18.2. The summed E-state index contributed by atoms with van der Waals surface area (Å²) in [5.41, 5.74) is 1.99. The lowest BCUT2D eigenvalue weighted by atomic mass is 9.32. The Morgan fingerprint density at radius 2 is 1.58 bits per heavy atom. The Morgan fingerprint density at radius 1 is 0.900 bits per heavy atom. The Hall–Kier alpha value is -2.03. The normalized spacial score (nSPS) is 42.2. The summed E-state index contributed by atoms with van der Waals surface area (Å²) in [5, 5.41) is 13.7. The molecule has 9 atom stereocenters. The summed E-state index contributed by atoms with van der Waals surface area (Å²) in [5.74, 6) is 3.01. The van der Waals surface area contributed by atoms with Gasteiger partial charge < -0.3 is 15.3 Å². The van der Waals surface area contributed by atoms with Gasteiger partial charge in [0, 0.05) is 37.1 Å². The standard InChI is InChI=1S/C42H62N2O5S/c1-27(2)30-14-17-42(43-20-21-44-22-24-50(48,49)25-23-44)19-18-39(5)31(36(30)42)12-13-34-40(39,6)16-15-33-38(3,4)32(26-35(45)41(33,34)7)28-8-10-29(11-9-28)37(46)47/h8-11,26-27,30-31,33-34,36,43H,12-25H2,1-7H3,(H,46,47)/t30-,31+,33?,34?,36?,39+,40+,41-,42-/m0/s1. The summed E-state index contributed by atoms with van der Waals surface area (Å²) >= 11 is 0. The molecule has 5 aliphatic carbocycles. The fourth-order valence-corrected chi connectivity index (χ4v) is 15.0. The van der Waals surface area contributed by atoms with Gasteiger partial charge in [0.05, 0.1) is 17.1 Å². The highest BCUT2D eigenvalue weighted by atomic mass is 32.2. The molecule has 6 aliphatic rings. The summed E-state index contributed by atoms with van der Waals surface area (Å²) in [7, 11) is -2.88. The third kappa shape index (κ3) is 5.34. The lowest BCUT2D eigenvalue weighted by Crippen LogP contribution is -2.69. The zero-order chi connectivity index (χ0) is 36.1. The van der Waals surface area contributed by atoms with Gasteiger partial charge in [-0.15, -0.1) is 0 Å². The van der Waals surface area contributed by atoms with E-state index in [1.54, 1.807) is 12.1 Å². The molecular formula is C42H62N2O5S. The van der Waals surface area contributed by atoms with Crippen LogP contribution in [0, 0.1) is 57.2 Å². The van der Waals surface area contributed by atoms with Crippen LogP contribution in [0.25, 0.3) is 5.57 Å². The summed E-state index contributed by atoms with van der Waals surface area (Å²) < 4.78 is 24.1. The molecule has 0 amide bonds.